The van der Waals surface area contributed by atoms with E-state index in [0.717, 1.165) is 68.6 Å². The molecule has 1 aromatic carbocycles. The van der Waals surface area contributed by atoms with Gasteiger partial charge < -0.3 is 20.9 Å². The largest absolute Gasteiger partial charge is 0.341 e. The topological polar surface area (TPSA) is 91.6 Å². The van der Waals surface area contributed by atoms with Crippen LogP contribution >= 0.6 is 12.4 Å². The van der Waals surface area contributed by atoms with Crippen LogP contribution in [0.1, 0.15) is 61.3 Å². The first-order valence-electron chi connectivity index (χ1n) is 11.8. The third-order valence-corrected chi connectivity index (χ3v) is 7.35. The minimum Gasteiger partial charge on any atom is -0.341 e. The van der Waals surface area contributed by atoms with Crippen LogP contribution in [0.4, 0.5) is 14.9 Å². The number of aromatic nitrogens is 1. The van der Waals surface area contributed by atoms with E-state index in [1.165, 1.54) is 17.8 Å². The van der Waals surface area contributed by atoms with Gasteiger partial charge in [0.05, 0.1) is 24.0 Å². The van der Waals surface area contributed by atoms with Crippen LogP contribution in [-0.2, 0) is 17.9 Å². The molecule has 0 atom stereocenters. The van der Waals surface area contributed by atoms with Crippen molar-refractivity contribution >= 4 is 30.0 Å². The van der Waals surface area contributed by atoms with E-state index in [1.807, 2.05) is 17.0 Å². The van der Waals surface area contributed by atoms with Gasteiger partial charge in [0, 0.05) is 25.3 Å². The summed E-state index contributed by atoms with van der Waals surface area (Å²) in [5, 5.41) is 2.92. The molecule has 1 aromatic heterocycles. The molecule has 3 heterocycles. The molecule has 2 aliphatic heterocycles. The number of anilines is 1. The maximum Gasteiger partial charge on any atom is 0.322 e. The lowest BCUT2D eigenvalue weighted by atomic mass is 9.88. The van der Waals surface area contributed by atoms with Crippen molar-refractivity contribution in [1.29, 1.82) is 0 Å². The molecule has 0 unspecified atom stereocenters. The summed E-state index contributed by atoms with van der Waals surface area (Å²) in [6, 6.07) is 9.14. The zero-order chi connectivity index (χ0) is 23.0. The highest BCUT2D eigenvalue weighted by molar-refractivity contribution is 5.89. The fourth-order valence-corrected chi connectivity index (χ4v) is 5.37. The molecule has 1 saturated heterocycles. The Balaban J connectivity index is 0.00000274. The molecule has 182 valence electrons. The molecule has 1 saturated carbocycles. The van der Waals surface area contributed by atoms with Crippen LogP contribution in [0.3, 0.4) is 0 Å². The van der Waals surface area contributed by atoms with Crippen molar-refractivity contribution < 1.29 is 14.0 Å². The molecule has 7 nitrogen and oxygen atoms in total. The number of nitrogens with two attached hydrogens (primary N) is 1. The Morgan fingerprint density at radius 2 is 1.74 bits per heavy atom. The van der Waals surface area contributed by atoms with Crippen LogP contribution < -0.4 is 11.1 Å². The number of piperidine rings is 1. The first kappa shape index (κ1) is 24.4. The van der Waals surface area contributed by atoms with Crippen LogP contribution in [0.25, 0.3) is 0 Å². The lowest BCUT2D eigenvalue weighted by molar-refractivity contribution is -0.137. The van der Waals surface area contributed by atoms with E-state index in [9.17, 15) is 14.0 Å². The molecule has 3 aliphatic rings. The van der Waals surface area contributed by atoms with E-state index in [-0.39, 0.29) is 30.2 Å². The van der Waals surface area contributed by atoms with Gasteiger partial charge in [-0.1, -0.05) is 25.0 Å². The summed E-state index contributed by atoms with van der Waals surface area (Å²) in [6.07, 6.45) is 6.71. The minimum absolute atomic E-state index is 0. The van der Waals surface area contributed by atoms with E-state index in [0.29, 0.717) is 19.0 Å². The predicted molar refractivity (Wildman–Crippen MR) is 130 cm³/mol. The summed E-state index contributed by atoms with van der Waals surface area (Å²) in [5.41, 5.74) is 9.14. The molecular formula is C25H31ClFN5O2. The third kappa shape index (κ3) is 4.88. The maximum atomic E-state index is 13.4. The van der Waals surface area contributed by atoms with Crippen LogP contribution in [0.5, 0.6) is 0 Å². The summed E-state index contributed by atoms with van der Waals surface area (Å²) in [5.74, 6) is 0.131. The number of nitrogens with zero attached hydrogens (tertiary/aromatic N) is 3. The van der Waals surface area contributed by atoms with Crippen molar-refractivity contribution in [3.63, 3.8) is 0 Å². The number of urea groups is 1. The summed E-state index contributed by atoms with van der Waals surface area (Å²) < 4.78 is 13.4. The Bertz CT molecular complexity index is 1050. The Labute approximate surface area is 205 Å². The van der Waals surface area contributed by atoms with E-state index >= 15 is 0 Å². The molecule has 9 heteroatoms. The molecule has 0 radical (unpaired) electrons. The molecule has 5 rings (SSSR count). The van der Waals surface area contributed by atoms with E-state index < -0.39 is 5.54 Å². The van der Waals surface area contributed by atoms with Crippen molar-refractivity contribution in [3.05, 3.63) is 59.2 Å². The number of rotatable bonds is 3. The second kappa shape index (κ2) is 9.88. The van der Waals surface area contributed by atoms with Gasteiger partial charge in [0.1, 0.15) is 5.82 Å². The van der Waals surface area contributed by atoms with Gasteiger partial charge in [0.15, 0.2) is 0 Å². The number of hydrogen-bond donors (Lipinski definition) is 2. The van der Waals surface area contributed by atoms with E-state index in [4.69, 9.17) is 5.73 Å². The molecule has 0 spiro atoms. The number of carbonyl (C=O) groups is 2. The van der Waals surface area contributed by atoms with Gasteiger partial charge >= 0.3 is 6.03 Å². The van der Waals surface area contributed by atoms with Gasteiger partial charge in [-0.3, -0.25) is 9.78 Å². The van der Waals surface area contributed by atoms with Crippen LogP contribution in [-0.4, -0.2) is 45.4 Å². The normalized spacial score (nSPS) is 19.5. The molecular weight excluding hydrogens is 457 g/mol. The Morgan fingerprint density at radius 3 is 2.41 bits per heavy atom. The highest BCUT2D eigenvalue weighted by Crippen LogP contribution is 2.33. The summed E-state index contributed by atoms with van der Waals surface area (Å²) in [6.45, 7) is 2.21. The number of likely N-dealkylation sites (tertiary alicyclic amines) is 1. The van der Waals surface area contributed by atoms with Crippen LogP contribution in [0, 0.1) is 5.82 Å². The molecule has 1 aliphatic carbocycles. The van der Waals surface area contributed by atoms with Crippen molar-refractivity contribution in [2.75, 3.05) is 18.4 Å². The SMILES string of the molecule is Cl.NC1(C(=O)N2CCC(c3ccc(NC(=O)N4Cc5cc(F)cnc5C4)cc3)CC2)CCCC1. The smallest absolute Gasteiger partial charge is 0.322 e. The Kier molecular flexibility index (Phi) is 7.09. The second-order valence-electron chi connectivity index (χ2n) is 9.60. The highest BCUT2D eigenvalue weighted by Gasteiger charge is 2.40. The number of benzene rings is 1. The van der Waals surface area contributed by atoms with Crippen molar-refractivity contribution in [1.82, 2.24) is 14.8 Å². The number of fused-ring (bicyclic) bond motifs is 1. The summed E-state index contributed by atoms with van der Waals surface area (Å²) in [7, 11) is 0. The predicted octanol–water partition coefficient (Wildman–Crippen LogP) is 4.17. The molecule has 3 amide bonds. The van der Waals surface area contributed by atoms with Gasteiger partial charge in [-0.15, -0.1) is 12.4 Å². The molecule has 2 fully saturated rings. The minimum atomic E-state index is -0.645. The van der Waals surface area contributed by atoms with Gasteiger partial charge in [0.25, 0.3) is 0 Å². The lowest BCUT2D eigenvalue weighted by Gasteiger charge is -2.37. The first-order chi connectivity index (χ1) is 15.9. The van der Waals surface area contributed by atoms with Gasteiger partial charge in [0.2, 0.25) is 5.91 Å². The average Bonchev–Trinajstić information content (AvgIpc) is 3.46. The zero-order valence-corrected chi connectivity index (χ0v) is 20.0. The van der Waals surface area contributed by atoms with E-state index in [2.05, 4.69) is 22.4 Å². The summed E-state index contributed by atoms with van der Waals surface area (Å²) in [4.78, 5) is 33.1. The Morgan fingerprint density at radius 1 is 1.06 bits per heavy atom. The van der Waals surface area contributed by atoms with Crippen molar-refractivity contribution in [2.45, 2.75) is 63.1 Å². The third-order valence-electron chi connectivity index (χ3n) is 7.35. The molecule has 0 bridgehead atoms. The molecule has 34 heavy (non-hydrogen) atoms. The van der Waals surface area contributed by atoms with E-state index in [1.54, 1.807) is 4.90 Å². The average molecular weight is 488 g/mol. The van der Waals surface area contributed by atoms with Crippen molar-refractivity contribution in [3.8, 4) is 0 Å². The standard InChI is InChI=1S/C25H30FN5O2.ClH/c26-20-13-19-15-31(16-22(19)28-14-20)24(33)29-21-5-3-17(4-6-21)18-7-11-30(12-8-18)23(32)25(27)9-1-2-10-25;/h3-6,13-14,18H,1-2,7-12,15-16,27H2,(H,29,33);1H. The number of hydrogen-bond acceptors (Lipinski definition) is 4. The first-order valence-corrected chi connectivity index (χ1v) is 11.8. The monoisotopic (exact) mass is 487 g/mol. The second-order valence-corrected chi connectivity index (χ2v) is 9.60. The lowest BCUT2D eigenvalue weighted by Crippen LogP contribution is -2.55. The molecule has 3 N–H and O–H groups in total. The quantitative estimate of drug-likeness (QED) is 0.679. The van der Waals surface area contributed by atoms with Crippen molar-refractivity contribution in [2.24, 2.45) is 5.73 Å². The summed E-state index contributed by atoms with van der Waals surface area (Å²) >= 11 is 0. The number of pyridine rings is 1. The maximum absolute atomic E-state index is 13.4. The molecule has 2 aromatic rings. The fourth-order valence-electron chi connectivity index (χ4n) is 5.37. The number of amides is 3. The van der Waals surface area contributed by atoms with Gasteiger partial charge in [-0.25, -0.2) is 9.18 Å². The fraction of sp³-hybridized carbons (Fsp3) is 0.480. The van der Waals surface area contributed by atoms with Gasteiger partial charge in [-0.2, -0.15) is 0 Å². The Hall–Kier alpha value is -2.71. The number of halogens is 2. The number of nitrogens with one attached hydrogen (secondary N) is 1. The van der Waals surface area contributed by atoms with Crippen LogP contribution in [0.15, 0.2) is 36.5 Å². The number of carbonyl (C=O) groups excluding carboxylic acids is 2. The van der Waals surface area contributed by atoms with Crippen LogP contribution in [0.2, 0.25) is 0 Å². The highest BCUT2D eigenvalue weighted by atomic mass is 35.5. The zero-order valence-electron chi connectivity index (χ0n) is 19.1. The van der Waals surface area contributed by atoms with Gasteiger partial charge in [-0.05, 0) is 60.9 Å².